The van der Waals surface area contributed by atoms with E-state index in [2.05, 4.69) is 27.4 Å². The summed E-state index contributed by atoms with van der Waals surface area (Å²) in [6, 6.07) is 24.3. The molecule has 4 aromatic rings. The molecule has 12 nitrogen and oxygen atoms in total. The maximum atomic E-state index is 14.0. The summed E-state index contributed by atoms with van der Waals surface area (Å²) in [5, 5.41) is 0. The predicted molar refractivity (Wildman–Crippen MR) is 348 cm³/mol. The van der Waals surface area contributed by atoms with Gasteiger partial charge in [0.2, 0.25) is 5.75 Å². The molecule has 0 radical (unpaired) electrons. The number of carbonyl (C=O) groups is 2. The van der Waals surface area contributed by atoms with Crippen LogP contribution in [-0.4, -0.2) is 71.4 Å². The van der Waals surface area contributed by atoms with Gasteiger partial charge in [0.15, 0.2) is 11.5 Å². The summed E-state index contributed by atoms with van der Waals surface area (Å²) in [5.41, 5.74) is 1.79. The monoisotopic (exact) mass is 1200 g/mol. The van der Waals surface area contributed by atoms with Crippen LogP contribution in [0.3, 0.4) is 0 Å². The van der Waals surface area contributed by atoms with Crippen molar-refractivity contribution in [3.8, 4) is 34.5 Å². The molecule has 86 heavy (non-hydrogen) atoms. The highest BCUT2D eigenvalue weighted by Gasteiger charge is 2.21. The van der Waals surface area contributed by atoms with Crippen molar-refractivity contribution in [3.63, 3.8) is 0 Å². The molecule has 0 aromatic heterocycles. The number of hydrogen-bond donors (Lipinski definition) is 0. The number of rotatable bonds is 56. The van der Waals surface area contributed by atoms with Gasteiger partial charge in [-0.3, -0.25) is 0 Å². The zero-order valence-corrected chi connectivity index (χ0v) is 53.5. The first kappa shape index (κ1) is 67.8. The molecule has 0 heterocycles. The first-order valence-electron chi connectivity index (χ1n) is 35.0. The Bertz CT molecular complexity index is 2340. The summed E-state index contributed by atoms with van der Waals surface area (Å²) in [6.45, 7) is 10.3. The maximum Gasteiger partial charge on any atom is 0.338 e. The number of ether oxygens (including phenoxy) is 10. The lowest BCUT2D eigenvalue weighted by atomic mass is 10.1. The molecule has 0 fully saturated rings. The minimum Gasteiger partial charge on any atom is -0.494 e. The van der Waals surface area contributed by atoms with Crippen molar-refractivity contribution < 1.29 is 61.1 Å². The predicted octanol–water partition coefficient (Wildman–Crippen LogP) is 19.6. The van der Waals surface area contributed by atoms with Crippen molar-refractivity contribution in [1.82, 2.24) is 0 Å². The standard InChI is InChI=1S/C74H112O12/c1-6-9-12-15-18-21-24-27-30-33-48-79-67-42-36-63(37-43-67)59-84-70-57-66(74(76)83-56-54-78-52-51-77-53-55-82-73(75)62(4)5)58-71(85-60-64-38-44-68(45-39-64)80-49-34-31-28-25-22-19-16-13-10-7-2)72(70)86-61-65-40-46-69(47-41-65)81-50-35-32-29-26-23-20-17-14-11-8-3/h36-47,57-58H,4,6-35,48-56,59-61H2,1-3,5H3/i59D,60D,61D. The minimum absolute atomic E-state index is 0.00808. The highest BCUT2D eigenvalue weighted by atomic mass is 16.6. The van der Waals surface area contributed by atoms with Crippen molar-refractivity contribution >= 4 is 11.9 Å². The Morgan fingerprint density at radius 1 is 0.360 bits per heavy atom. The van der Waals surface area contributed by atoms with E-state index in [0.717, 1.165) is 38.5 Å². The van der Waals surface area contributed by atoms with Gasteiger partial charge in [0, 0.05) is 5.57 Å². The van der Waals surface area contributed by atoms with Crippen LogP contribution in [0.2, 0.25) is 0 Å². The largest absolute Gasteiger partial charge is 0.494 e. The van der Waals surface area contributed by atoms with E-state index in [0.29, 0.717) is 59.3 Å². The zero-order valence-electron chi connectivity index (χ0n) is 56.5. The van der Waals surface area contributed by atoms with Crippen LogP contribution < -0.4 is 28.4 Å². The molecule has 0 saturated carbocycles. The Kier molecular flexibility index (Phi) is 38.8. The molecule has 480 valence electrons. The van der Waals surface area contributed by atoms with Crippen molar-refractivity contribution in [1.29, 1.82) is 0 Å². The van der Waals surface area contributed by atoms with Crippen LogP contribution in [0, 0.1) is 0 Å². The topological polar surface area (TPSA) is 126 Å². The number of carbonyl (C=O) groups excluding carboxylic acids is 2. The van der Waals surface area contributed by atoms with Crippen LogP contribution in [0.15, 0.2) is 97.1 Å². The molecule has 0 aliphatic heterocycles. The van der Waals surface area contributed by atoms with E-state index < -0.39 is 31.7 Å². The van der Waals surface area contributed by atoms with Gasteiger partial charge in [-0.1, -0.05) is 237 Å². The molecule has 12 heteroatoms. The Balaban J connectivity index is 1.51. The van der Waals surface area contributed by atoms with Crippen molar-refractivity contribution in [2.75, 3.05) is 59.5 Å². The molecule has 0 N–H and O–H groups in total. The average Bonchev–Trinajstić information content (AvgIpc) is 1.50. The Labute approximate surface area is 524 Å². The van der Waals surface area contributed by atoms with Crippen molar-refractivity contribution in [3.05, 3.63) is 119 Å². The van der Waals surface area contributed by atoms with E-state index in [1.807, 2.05) is 36.4 Å². The fraction of sp³-hybridized carbons (Fsp3) is 0.622. The molecular formula is C74H112O12. The second-order valence-electron chi connectivity index (χ2n) is 22.6. The van der Waals surface area contributed by atoms with Gasteiger partial charge in [0.05, 0.1) is 55.9 Å². The maximum absolute atomic E-state index is 14.0. The first-order chi connectivity index (χ1) is 43.5. The van der Waals surface area contributed by atoms with Crippen LogP contribution in [-0.2, 0) is 43.5 Å². The first-order valence-corrected chi connectivity index (χ1v) is 33.3. The van der Waals surface area contributed by atoms with E-state index in [1.165, 1.54) is 166 Å². The quantitative estimate of drug-likeness (QED) is 0.0237. The van der Waals surface area contributed by atoms with E-state index in [1.54, 1.807) is 43.3 Å². The molecule has 0 amide bonds. The molecule has 4 aromatic carbocycles. The number of unbranched alkanes of at least 4 members (excludes halogenated alkanes) is 27. The van der Waals surface area contributed by atoms with Gasteiger partial charge in [-0.25, -0.2) is 9.59 Å². The van der Waals surface area contributed by atoms with Crippen LogP contribution >= 0.6 is 0 Å². The van der Waals surface area contributed by atoms with Gasteiger partial charge >= 0.3 is 11.9 Å². The number of benzene rings is 4. The van der Waals surface area contributed by atoms with E-state index >= 15 is 0 Å². The summed E-state index contributed by atoms with van der Waals surface area (Å²) >= 11 is 0. The third-order valence-corrected chi connectivity index (χ3v) is 14.8. The van der Waals surface area contributed by atoms with E-state index in [-0.39, 0.29) is 62.5 Å². The third kappa shape index (κ3) is 35.2. The highest BCUT2D eigenvalue weighted by molar-refractivity contribution is 5.91. The lowest BCUT2D eigenvalue weighted by Crippen LogP contribution is -2.15. The lowest BCUT2D eigenvalue weighted by molar-refractivity contribution is -0.140. The Morgan fingerprint density at radius 3 is 0.977 bits per heavy atom. The molecular weight excluding hydrogens is 1080 g/mol. The molecule has 3 unspecified atom stereocenters. The number of hydrogen-bond acceptors (Lipinski definition) is 12. The molecule has 0 spiro atoms. The summed E-state index contributed by atoms with van der Waals surface area (Å²) in [7, 11) is 0. The SMILES string of the molecule is [2H]C(Oc1cc(C(=O)OCCOCCOCCOC(=O)C(=C)C)cc(OC([2H])c2ccc(OCCCCCCCCCCCC)cc2)c1OC([2H])c1ccc(OCCCCCCCCCCCC)cc1)c1ccc(OCCCCCCCCCCCC)cc1. The minimum atomic E-state index is -1.34. The lowest BCUT2D eigenvalue weighted by Gasteiger charge is -2.19. The van der Waals surface area contributed by atoms with Gasteiger partial charge in [-0.05, 0) is 91.4 Å². The average molecular weight is 1200 g/mol. The molecule has 0 saturated heterocycles. The van der Waals surface area contributed by atoms with Gasteiger partial charge < -0.3 is 47.4 Å². The van der Waals surface area contributed by atoms with Crippen LogP contribution in [0.4, 0.5) is 0 Å². The second kappa shape index (κ2) is 49.3. The Hall–Kier alpha value is -5.72. The van der Waals surface area contributed by atoms with Crippen molar-refractivity contribution in [2.24, 2.45) is 0 Å². The van der Waals surface area contributed by atoms with Crippen molar-refractivity contribution in [2.45, 2.75) is 240 Å². The zero-order chi connectivity index (χ0) is 63.8. The van der Waals surface area contributed by atoms with E-state index in [4.69, 9.17) is 47.4 Å². The van der Waals surface area contributed by atoms with Gasteiger partial charge in [0.25, 0.3) is 0 Å². The van der Waals surface area contributed by atoms with E-state index in [9.17, 15) is 13.7 Å². The van der Waals surface area contributed by atoms with Crippen LogP contribution in [0.5, 0.6) is 34.5 Å². The molecule has 0 aliphatic rings. The summed E-state index contributed by atoms with van der Waals surface area (Å²) < 4.78 is 87.4. The van der Waals surface area contributed by atoms with Gasteiger partial charge in [-0.15, -0.1) is 0 Å². The second-order valence-corrected chi connectivity index (χ2v) is 22.6. The molecule has 4 rings (SSSR count). The van der Waals surface area contributed by atoms with Crippen LogP contribution in [0.1, 0.15) is 251 Å². The molecule has 0 aliphatic carbocycles. The summed E-state index contributed by atoms with van der Waals surface area (Å²) in [5.74, 6) is 0.584. The summed E-state index contributed by atoms with van der Waals surface area (Å²) in [6.07, 6.45) is 37.1. The highest BCUT2D eigenvalue weighted by Crippen LogP contribution is 2.41. The third-order valence-electron chi connectivity index (χ3n) is 14.8. The fourth-order valence-electron chi connectivity index (χ4n) is 9.56. The van der Waals surface area contributed by atoms with Crippen LogP contribution in [0.25, 0.3) is 0 Å². The Morgan fingerprint density at radius 2 is 0.651 bits per heavy atom. The smallest absolute Gasteiger partial charge is 0.338 e. The normalized spacial score (nSPS) is 12.7. The fourth-order valence-corrected chi connectivity index (χ4v) is 9.56. The van der Waals surface area contributed by atoms with Gasteiger partial charge in [0.1, 0.15) is 50.2 Å². The van der Waals surface area contributed by atoms with Gasteiger partial charge in [-0.2, -0.15) is 0 Å². The molecule has 3 atom stereocenters. The summed E-state index contributed by atoms with van der Waals surface area (Å²) in [4.78, 5) is 25.6. The number of esters is 2. The molecule has 0 bridgehead atoms.